The van der Waals surface area contributed by atoms with Crippen LogP contribution in [-0.4, -0.2) is 51.9 Å². The molecule has 1 aromatic heterocycles. The number of terminal acetylenes is 1. The molecule has 0 radical (unpaired) electrons. The molecule has 2 aromatic rings. The van der Waals surface area contributed by atoms with Gasteiger partial charge in [-0.25, -0.2) is 0 Å². The lowest BCUT2D eigenvalue weighted by atomic mass is 9.79. The summed E-state index contributed by atoms with van der Waals surface area (Å²) in [5.74, 6) is 2.94. The maximum Gasteiger partial charge on any atom is 0.231 e. The molecule has 4 atom stereocenters. The summed E-state index contributed by atoms with van der Waals surface area (Å²) in [6.45, 7) is 5.57. The number of rotatable bonds is 2. The van der Waals surface area contributed by atoms with Gasteiger partial charge in [0.15, 0.2) is 0 Å². The number of benzene rings is 1. The second-order valence-electron chi connectivity index (χ2n) is 8.30. The molecule has 0 spiro atoms. The lowest BCUT2D eigenvalue weighted by Crippen LogP contribution is -2.59. The lowest BCUT2D eigenvalue weighted by molar-refractivity contribution is -0.146. The molecule has 1 aliphatic carbocycles. The van der Waals surface area contributed by atoms with E-state index >= 15 is 0 Å². The van der Waals surface area contributed by atoms with Crippen LogP contribution < -0.4 is 0 Å². The van der Waals surface area contributed by atoms with Gasteiger partial charge >= 0.3 is 0 Å². The number of hydrogen-bond donors (Lipinski definition) is 1. The molecule has 0 bridgehead atoms. The van der Waals surface area contributed by atoms with E-state index in [0.717, 1.165) is 12.8 Å². The summed E-state index contributed by atoms with van der Waals surface area (Å²) in [4.78, 5) is 21.0. The van der Waals surface area contributed by atoms with Gasteiger partial charge in [0.05, 0.1) is 12.5 Å². The van der Waals surface area contributed by atoms with Crippen LogP contribution in [-0.2, 0) is 11.2 Å². The summed E-state index contributed by atoms with van der Waals surface area (Å²) in [6.07, 6.45) is 12.1. The first kappa shape index (κ1) is 16.6. The van der Waals surface area contributed by atoms with E-state index in [2.05, 4.69) is 65.0 Å². The Kier molecular flexibility index (Phi) is 3.70. The lowest BCUT2D eigenvalue weighted by Gasteiger charge is -2.48. The molecular weight excluding hydrogens is 334 g/mol. The summed E-state index contributed by atoms with van der Waals surface area (Å²) in [7, 11) is 0. The number of H-pyrrole nitrogens is 1. The summed E-state index contributed by atoms with van der Waals surface area (Å²) < 4.78 is 0. The van der Waals surface area contributed by atoms with Gasteiger partial charge in [-0.05, 0) is 49.5 Å². The van der Waals surface area contributed by atoms with Gasteiger partial charge in [-0.2, -0.15) is 0 Å². The van der Waals surface area contributed by atoms with Gasteiger partial charge in [0.1, 0.15) is 0 Å². The van der Waals surface area contributed by atoms with Gasteiger partial charge in [-0.1, -0.05) is 24.1 Å². The van der Waals surface area contributed by atoms with Crippen LogP contribution >= 0.6 is 0 Å². The molecule has 1 saturated heterocycles. The number of carbonyl (C=O) groups is 1. The highest BCUT2D eigenvalue weighted by molar-refractivity contribution is 5.99. The number of amides is 1. The van der Waals surface area contributed by atoms with Crippen molar-refractivity contribution in [2.75, 3.05) is 13.1 Å². The molecule has 1 amide bonds. The van der Waals surface area contributed by atoms with E-state index in [-0.39, 0.29) is 17.9 Å². The number of nitrogens with zero attached hydrogens (tertiary/aromatic N) is 2. The van der Waals surface area contributed by atoms with E-state index in [1.165, 1.54) is 27.6 Å². The quantitative estimate of drug-likeness (QED) is 0.837. The third-order valence-electron chi connectivity index (χ3n) is 6.62. The zero-order valence-corrected chi connectivity index (χ0v) is 15.9. The Labute approximate surface area is 160 Å². The molecule has 138 valence electrons. The molecule has 4 nitrogen and oxygen atoms in total. The van der Waals surface area contributed by atoms with Crippen molar-refractivity contribution in [3.63, 3.8) is 0 Å². The van der Waals surface area contributed by atoms with Crippen molar-refractivity contribution in [1.29, 1.82) is 0 Å². The molecule has 5 rings (SSSR count). The summed E-state index contributed by atoms with van der Waals surface area (Å²) in [6, 6.07) is 7.35. The van der Waals surface area contributed by atoms with E-state index < -0.39 is 0 Å². The molecule has 3 aliphatic rings. The number of carbonyl (C=O) groups excluding carboxylic acids is 1. The van der Waals surface area contributed by atoms with E-state index in [4.69, 9.17) is 6.42 Å². The molecule has 0 saturated carbocycles. The molecule has 1 N–H and O–H groups in total. The molecular formula is C23H25N3O. The second-order valence-corrected chi connectivity index (χ2v) is 8.30. The van der Waals surface area contributed by atoms with Crippen molar-refractivity contribution in [2.45, 2.75) is 44.8 Å². The minimum absolute atomic E-state index is 0.120. The minimum atomic E-state index is -0.120. The van der Waals surface area contributed by atoms with Crippen LogP contribution in [0.3, 0.4) is 0 Å². The maximum atomic E-state index is 13.3. The third kappa shape index (κ3) is 2.38. The van der Waals surface area contributed by atoms with E-state index in [0.29, 0.717) is 25.2 Å². The monoisotopic (exact) mass is 359 g/mol. The van der Waals surface area contributed by atoms with Gasteiger partial charge in [0.25, 0.3) is 0 Å². The normalized spacial score (nSPS) is 29.7. The number of nitrogens with one attached hydrogen (secondary N) is 1. The largest absolute Gasteiger partial charge is 0.361 e. The zero-order valence-electron chi connectivity index (χ0n) is 15.9. The van der Waals surface area contributed by atoms with Crippen LogP contribution in [0.2, 0.25) is 0 Å². The fraction of sp³-hybridized carbons (Fsp3) is 0.435. The van der Waals surface area contributed by atoms with Gasteiger partial charge < -0.3 is 9.88 Å². The topological polar surface area (TPSA) is 39.3 Å². The molecule has 27 heavy (non-hydrogen) atoms. The van der Waals surface area contributed by atoms with E-state index in [9.17, 15) is 4.79 Å². The van der Waals surface area contributed by atoms with Crippen LogP contribution in [0.4, 0.5) is 0 Å². The average Bonchev–Trinajstić information content (AvgIpc) is 3.06. The van der Waals surface area contributed by atoms with Crippen LogP contribution in [0.15, 0.2) is 30.5 Å². The smallest absolute Gasteiger partial charge is 0.231 e. The van der Waals surface area contributed by atoms with Crippen molar-refractivity contribution in [3.05, 3.63) is 41.6 Å². The molecule has 2 aliphatic heterocycles. The average molecular weight is 359 g/mol. The van der Waals surface area contributed by atoms with Crippen molar-refractivity contribution >= 4 is 22.4 Å². The predicted molar refractivity (Wildman–Crippen MR) is 108 cm³/mol. The molecule has 2 unspecified atom stereocenters. The highest BCUT2D eigenvalue weighted by Crippen LogP contribution is 2.42. The van der Waals surface area contributed by atoms with Gasteiger partial charge in [-0.3, -0.25) is 9.69 Å². The molecule has 1 aromatic carbocycles. The fourth-order valence-corrected chi connectivity index (χ4v) is 5.42. The highest BCUT2D eigenvalue weighted by Gasteiger charge is 2.42. The van der Waals surface area contributed by atoms with Crippen LogP contribution in [0.1, 0.15) is 31.4 Å². The summed E-state index contributed by atoms with van der Waals surface area (Å²) in [5, 5.41) is 1.31. The first-order valence-corrected chi connectivity index (χ1v) is 9.89. The summed E-state index contributed by atoms with van der Waals surface area (Å²) in [5.41, 5.74) is 5.04. The fourth-order valence-electron chi connectivity index (χ4n) is 5.42. The molecule has 3 heterocycles. The molecule has 4 heteroatoms. The number of aromatic amines is 1. The zero-order chi connectivity index (χ0) is 18.7. The third-order valence-corrected chi connectivity index (χ3v) is 6.62. The summed E-state index contributed by atoms with van der Waals surface area (Å²) >= 11 is 0. The SMILES string of the molecule is C#CCN1C[C@H](C(=O)N2C(C)CC2C)C=C2c3cccc4[nH]cc(c34)C[C@H]21. The number of hydrogen-bond acceptors (Lipinski definition) is 2. The van der Waals surface area contributed by atoms with Gasteiger partial charge in [0.2, 0.25) is 5.91 Å². The van der Waals surface area contributed by atoms with Crippen molar-refractivity contribution < 1.29 is 4.79 Å². The standard InChI is InChI=1S/C23H25N3O/c1-4-8-25-13-17(23(27)26-14(2)9-15(26)3)10-19-18-6-5-7-20-22(18)16(12-24-20)11-21(19)25/h1,5-7,10,12,14-15,17,21,24H,8-9,11,13H2,2-3H3/t14?,15?,17-,21-/m1/s1. The Hall–Kier alpha value is -2.51. The van der Waals surface area contributed by atoms with Crippen molar-refractivity contribution in [2.24, 2.45) is 5.92 Å². The Bertz CT molecular complexity index is 987. The highest BCUT2D eigenvalue weighted by atomic mass is 16.2. The second kappa shape index (κ2) is 6.00. The first-order valence-electron chi connectivity index (χ1n) is 9.89. The Morgan fingerprint density at radius 2 is 2.15 bits per heavy atom. The van der Waals surface area contributed by atoms with Crippen molar-refractivity contribution in [1.82, 2.24) is 14.8 Å². The molecule has 1 fully saturated rings. The van der Waals surface area contributed by atoms with Crippen molar-refractivity contribution in [3.8, 4) is 12.3 Å². The Morgan fingerprint density at radius 3 is 2.89 bits per heavy atom. The number of aromatic nitrogens is 1. The minimum Gasteiger partial charge on any atom is -0.361 e. The van der Waals surface area contributed by atoms with Gasteiger partial charge in [-0.15, -0.1) is 6.42 Å². The van der Waals surface area contributed by atoms with Crippen LogP contribution in [0.5, 0.6) is 0 Å². The number of fused-ring (bicyclic) bond motifs is 2. The first-order chi connectivity index (χ1) is 13.1. The van der Waals surface area contributed by atoms with Gasteiger partial charge in [0, 0.05) is 41.8 Å². The van der Waals surface area contributed by atoms with Crippen LogP contribution in [0, 0.1) is 18.3 Å². The Balaban J connectivity index is 1.59. The Morgan fingerprint density at radius 1 is 1.33 bits per heavy atom. The maximum absolute atomic E-state index is 13.3. The predicted octanol–water partition coefficient (Wildman–Crippen LogP) is 3.05. The van der Waals surface area contributed by atoms with Crippen LogP contribution in [0.25, 0.3) is 16.5 Å². The van der Waals surface area contributed by atoms with E-state index in [1.807, 2.05) is 0 Å². The number of likely N-dealkylation sites (tertiary alicyclic amines) is 1. The van der Waals surface area contributed by atoms with E-state index in [1.54, 1.807) is 0 Å².